The van der Waals surface area contributed by atoms with Gasteiger partial charge in [-0.25, -0.2) is 0 Å². The third kappa shape index (κ3) is 4.07. The van der Waals surface area contributed by atoms with Gasteiger partial charge in [0.1, 0.15) is 17.2 Å². The maximum atomic E-state index is 12.4. The van der Waals surface area contributed by atoms with Crippen LogP contribution < -0.4 is 19.5 Å². The Morgan fingerprint density at radius 2 is 1.87 bits per heavy atom. The van der Waals surface area contributed by atoms with Gasteiger partial charge in [-0.2, -0.15) is 0 Å². The largest absolute Gasteiger partial charge is 0.497 e. The van der Waals surface area contributed by atoms with Gasteiger partial charge in [-0.3, -0.25) is 4.79 Å². The molecule has 0 saturated carbocycles. The van der Waals surface area contributed by atoms with Crippen LogP contribution >= 0.6 is 11.6 Å². The Morgan fingerprint density at radius 3 is 2.48 bits per heavy atom. The summed E-state index contributed by atoms with van der Waals surface area (Å²) in [5.74, 6) is 1.41. The van der Waals surface area contributed by atoms with Gasteiger partial charge in [-0.15, -0.1) is 0 Å². The molecular formula is C17H18ClNO4. The number of benzene rings is 2. The van der Waals surface area contributed by atoms with E-state index in [0.717, 1.165) is 0 Å². The molecule has 0 radical (unpaired) electrons. The van der Waals surface area contributed by atoms with Gasteiger partial charge in [-0.1, -0.05) is 11.6 Å². The Morgan fingerprint density at radius 1 is 1.09 bits per heavy atom. The fourth-order valence-electron chi connectivity index (χ4n) is 2.01. The van der Waals surface area contributed by atoms with Crippen molar-refractivity contribution in [3.8, 4) is 17.2 Å². The van der Waals surface area contributed by atoms with Crippen molar-refractivity contribution in [2.24, 2.45) is 0 Å². The number of nitrogens with one attached hydrogen (secondary N) is 1. The second-order valence-corrected chi connectivity index (χ2v) is 5.01. The van der Waals surface area contributed by atoms with Crippen LogP contribution in [0, 0.1) is 0 Å². The molecule has 0 heterocycles. The molecule has 2 rings (SSSR count). The quantitative estimate of drug-likeness (QED) is 0.866. The number of methoxy groups -OCH3 is 2. The number of anilines is 1. The lowest BCUT2D eigenvalue weighted by Crippen LogP contribution is -2.12. The van der Waals surface area contributed by atoms with E-state index < -0.39 is 0 Å². The number of rotatable bonds is 6. The summed E-state index contributed by atoms with van der Waals surface area (Å²) in [7, 11) is 3.09. The molecular weight excluding hydrogens is 318 g/mol. The number of carbonyl (C=O) groups is 1. The topological polar surface area (TPSA) is 56.8 Å². The molecule has 23 heavy (non-hydrogen) atoms. The highest BCUT2D eigenvalue weighted by atomic mass is 35.5. The first-order chi connectivity index (χ1) is 11.1. The number of ether oxygens (including phenoxy) is 3. The van der Waals surface area contributed by atoms with Gasteiger partial charge in [0.05, 0.1) is 31.5 Å². The van der Waals surface area contributed by atoms with Crippen molar-refractivity contribution < 1.29 is 19.0 Å². The molecule has 1 N–H and O–H groups in total. The van der Waals surface area contributed by atoms with E-state index >= 15 is 0 Å². The van der Waals surface area contributed by atoms with E-state index in [1.54, 1.807) is 43.5 Å². The molecule has 0 aliphatic carbocycles. The molecule has 0 unspecified atom stereocenters. The Hall–Kier alpha value is -2.40. The van der Waals surface area contributed by atoms with Crippen LogP contribution in [-0.4, -0.2) is 26.7 Å². The van der Waals surface area contributed by atoms with E-state index in [9.17, 15) is 4.79 Å². The highest BCUT2D eigenvalue weighted by molar-refractivity contribution is 6.32. The SMILES string of the molecule is CCOc1ccc(C(=O)Nc2ccc(OC)cc2OC)cc1Cl. The van der Waals surface area contributed by atoms with E-state index in [2.05, 4.69) is 5.32 Å². The molecule has 0 saturated heterocycles. The molecule has 0 aliphatic heterocycles. The lowest BCUT2D eigenvalue weighted by molar-refractivity contribution is 0.102. The van der Waals surface area contributed by atoms with E-state index in [4.69, 9.17) is 25.8 Å². The number of carbonyl (C=O) groups excluding carboxylic acids is 1. The fourth-order valence-corrected chi connectivity index (χ4v) is 2.25. The summed E-state index contributed by atoms with van der Waals surface area (Å²) in [5, 5.41) is 3.18. The van der Waals surface area contributed by atoms with Crippen molar-refractivity contribution in [1.29, 1.82) is 0 Å². The summed E-state index contributed by atoms with van der Waals surface area (Å²) in [6.07, 6.45) is 0. The van der Waals surface area contributed by atoms with E-state index in [-0.39, 0.29) is 5.91 Å². The molecule has 0 fully saturated rings. The van der Waals surface area contributed by atoms with Crippen LogP contribution in [0.1, 0.15) is 17.3 Å². The molecule has 0 bridgehead atoms. The summed E-state index contributed by atoms with van der Waals surface area (Å²) < 4.78 is 15.7. The van der Waals surface area contributed by atoms with Crippen molar-refractivity contribution in [3.63, 3.8) is 0 Å². The minimum atomic E-state index is -0.293. The zero-order chi connectivity index (χ0) is 16.8. The molecule has 1 amide bonds. The molecule has 0 atom stereocenters. The Labute approximate surface area is 140 Å². The average molecular weight is 336 g/mol. The molecule has 6 heteroatoms. The van der Waals surface area contributed by atoms with Crippen LogP contribution in [0.15, 0.2) is 36.4 Å². The summed E-state index contributed by atoms with van der Waals surface area (Å²) >= 11 is 6.11. The molecule has 122 valence electrons. The van der Waals surface area contributed by atoms with E-state index in [1.165, 1.54) is 7.11 Å². The summed E-state index contributed by atoms with van der Waals surface area (Å²) in [6.45, 7) is 2.38. The first kappa shape index (κ1) is 17.0. The lowest BCUT2D eigenvalue weighted by atomic mass is 10.2. The van der Waals surface area contributed by atoms with Crippen LogP contribution in [0.4, 0.5) is 5.69 Å². The lowest BCUT2D eigenvalue weighted by Gasteiger charge is -2.12. The fraction of sp³-hybridized carbons (Fsp3) is 0.235. The van der Waals surface area contributed by atoms with Gasteiger partial charge in [0.25, 0.3) is 5.91 Å². The zero-order valence-electron chi connectivity index (χ0n) is 13.2. The van der Waals surface area contributed by atoms with Crippen molar-refractivity contribution in [2.75, 3.05) is 26.1 Å². The van der Waals surface area contributed by atoms with Crippen LogP contribution in [0.3, 0.4) is 0 Å². The first-order valence-electron chi connectivity index (χ1n) is 7.04. The molecule has 2 aromatic rings. The average Bonchev–Trinajstić information content (AvgIpc) is 2.57. The van der Waals surface area contributed by atoms with Crippen LogP contribution in [0.2, 0.25) is 5.02 Å². The minimum absolute atomic E-state index is 0.293. The Kier molecular flexibility index (Phi) is 5.71. The summed E-state index contributed by atoms with van der Waals surface area (Å²) in [6, 6.07) is 10.0. The summed E-state index contributed by atoms with van der Waals surface area (Å²) in [4.78, 5) is 12.4. The van der Waals surface area contributed by atoms with Crippen molar-refractivity contribution in [1.82, 2.24) is 0 Å². The van der Waals surface area contributed by atoms with E-state index in [0.29, 0.717) is 40.1 Å². The van der Waals surface area contributed by atoms with Crippen LogP contribution in [-0.2, 0) is 0 Å². The van der Waals surface area contributed by atoms with Gasteiger partial charge in [0.15, 0.2) is 0 Å². The monoisotopic (exact) mass is 335 g/mol. The number of amides is 1. The molecule has 0 aliphatic rings. The zero-order valence-corrected chi connectivity index (χ0v) is 13.9. The molecule has 0 aromatic heterocycles. The molecule has 0 spiro atoms. The molecule has 5 nitrogen and oxygen atoms in total. The van der Waals surface area contributed by atoms with Crippen LogP contribution in [0.5, 0.6) is 17.2 Å². The molecule has 2 aromatic carbocycles. The van der Waals surface area contributed by atoms with Gasteiger partial charge >= 0.3 is 0 Å². The number of hydrogen-bond donors (Lipinski definition) is 1. The Balaban J connectivity index is 2.20. The highest BCUT2D eigenvalue weighted by Crippen LogP contribution is 2.30. The first-order valence-corrected chi connectivity index (χ1v) is 7.42. The van der Waals surface area contributed by atoms with Crippen molar-refractivity contribution >= 4 is 23.2 Å². The highest BCUT2D eigenvalue weighted by Gasteiger charge is 2.12. The summed E-state index contributed by atoms with van der Waals surface area (Å²) in [5.41, 5.74) is 0.972. The van der Waals surface area contributed by atoms with Crippen LogP contribution in [0.25, 0.3) is 0 Å². The van der Waals surface area contributed by atoms with Gasteiger partial charge in [0.2, 0.25) is 0 Å². The predicted octanol–water partition coefficient (Wildman–Crippen LogP) is 4.01. The van der Waals surface area contributed by atoms with Gasteiger partial charge < -0.3 is 19.5 Å². The number of hydrogen-bond acceptors (Lipinski definition) is 4. The van der Waals surface area contributed by atoms with Crippen molar-refractivity contribution in [2.45, 2.75) is 6.92 Å². The van der Waals surface area contributed by atoms with Crippen molar-refractivity contribution in [3.05, 3.63) is 47.0 Å². The van der Waals surface area contributed by atoms with E-state index in [1.807, 2.05) is 6.92 Å². The second kappa shape index (κ2) is 7.74. The van der Waals surface area contributed by atoms with Gasteiger partial charge in [-0.05, 0) is 37.3 Å². The predicted molar refractivity (Wildman–Crippen MR) is 90.1 cm³/mol. The third-order valence-electron chi connectivity index (χ3n) is 3.15. The third-order valence-corrected chi connectivity index (χ3v) is 3.45. The second-order valence-electron chi connectivity index (χ2n) is 4.60. The van der Waals surface area contributed by atoms with Gasteiger partial charge in [0, 0.05) is 11.6 Å². The number of halogens is 1. The minimum Gasteiger partial charge on any atom is -0.497 e. The Bertz CT molecular complexity index is 703. The smallest absolute Gasteiger partial charge is 0.255 e. The standard InChI is InChI=1S/C17H18ClNO4/c1-4-23-15-8-5-11(9-13(15)18)17(20)19-14-7-6-12(21-2)10-16(14)22-3/h5-10H,4H2,1-3H3,(H,19,20). The normalized spacial score (nSPS) is 10.1. The maximum absolute atomic E-state index is 12.4. The maximum Gasteiger partial charge on any atom is 0.255 e.